The van der Waals surface area contributed by atoms with Crippen LogP contribution >= 0.6 is 12.6 Å². The second kappa shape index (κ2) is 13.6. The van der Waals surface area contributed by atoms with Crippen molar-refractivity contribution in [3.63, 3.8) is 0 Å². The van der Waals surface area contributed by atoms with Gasteiger partial charge in [0.2, 0.25) is 5.82 Å². The molecule has 0 saturated heterocycles. The highest BCUT2D eigenvalue weighted by Crippen LogP contribution is 2.32. The third-order valence-corrected chi connectivity index (χ3v) is 5.62. The lowest BCUT2D eigenvalue weighted by molar-refractivity contribution is -0.376. The van der Waals surface area contributed by atoms with E-state index >= 15 is 0 Å². The molecule has 2 unspecified atom stereocenters. The summed E-state index contributed by atoms with van der Waals surface area (Å²) in [7, 11) is 0. The van der Waals surface area contributed by atoms with Crippen LogP contribution in [0.3, 0.4) is 0 Å². The SMILES string of the molecule is CCOC(OCC)(OCC)C(S)CCCCCCC(C)c1c(F)c(F)c(F)c(F)c1F. The monoisotopic (exact) mass is 472 g/mol. The first kappa shape index (κ1) is 28.1. The van der Waals surface area contributed by atoms with Gasteiger partial charge >= 0.3 is 0 Å². The van der Waals surface area contributed by atoms with E-state index in [0.717, 1.165) is 19.3 Å². The van der Waals surface area contributed by atoms with Crippen molar-refractivity contribution in [2.24, 2.45) is 0 Å². The molecule has 0 aliphatic carbocycles. The average molecular weight is 473 g/mol. The fraction of sp³-hybridized carbons (Fsp3) is 0.727. The van der Waals surface area contributed by atoms with Gasteiger partial charge in [-0.1, -0.05) is 32.6 Å². The highest BCUT2D eigenvalue weighted by atomic mass is 32.1. The smallest absolute Gasteiger partial charge is 0.295 e. The standard InChI is InChI=1S/C22H33F5O3S/c1-5-28-22(29-6-2,30-7-3)15(31)13-11-9-8-10-12-14(4)16-17(23)19(25)21(27)20(26)18(16)24/h14-15,31H,5-13H2,1-4H3. The molecule has 1 rings (SSSR count). The van der Waals surface area contributed by atoms with Gasteiger partial charge in [0.15, 0.2) is 23.3 Å². The number of benzene rings is 1. The molecule has 1 aromatic rings. The van der Waals surface area contributed by atoms with Gasteiger partial charge in [-0.05, 0) is 39.5 Å². The Labute approximate surface area is 187 Å². The lowest BCUT2D eigenvalue weighted by Crippen LogP contribution is -2.47. The predicted molar refractivity (Wildman–Crippen MR) is 113 cm³/mol. The van der Waals surface area contributed by atoms with Crippen molar-refractivity contribution in [2.75, 3.05) is 19.8 Å². The number of ether oxygens (including phenoxy) is 3. The summed E-state index contributed by atoms with van der Waals surface area (Å²) in [6, 6.07) is 0. The zero-order valence-electron chi connectivity index (χ0n) is 18.6. The van der Waals surface area contributed by atoms with Gasteiger partial charge in [-0.25, -0.2) is 22.0 Å². The molecule has 0 bridgehead atoms. The summed E-state index contributed by atoms with van der Waals surface area (Å²) in [5.41, 5.74) is -0.748. The van der Waals surface area contributed by atoms with Crippen LogP contribution in [0.4, 0.5) is 22.0 Å². The molecule has 0 N–H and O–H groups in total. The van der Waals surface area contributed by atoms with E-state index in [1.807, 2.05) is 20.8 Å². The Bertz CT molecular complexity index is 644. The Morgan fingerprint density at radius 1 is 0.677 bits per heavy atom. The van der Waals surface area contributed by atoms with E-state index in [0.29, 0.717) is 39.1 Å². The third kappa shape index (κ3) is 7.30. The van der Waals surface area contributed by atoms with Gasteiger partial charge in [0.1, 0.15) is 0 Å². The van der Waals surface area contributed by atoms with E-state index in [-0.39, 0.29) is 5.25 Å². The molecule has 0 aromatic heterocycles. The van der Waals surface area contributed by atoms with Crippen molar-refractivity contribution >= 4 is 12.6 Å². The van der Waals surface area contributed by atoms with E-state index < -0.39 is 46.5 Å². The van der Waals surface area contributed by atoms with Gasteiger partial charge in [0.05, 0.1) is 5.25 Å². The minimum absolute atomic E-state index is 0.306. The minimum Gasteiger partial charge on any atom is -0.327 e. The van der Waals surface area contributed by atoms with Crippen molar-refractivity contribution in [3.8, 4) is 0 Å². The normalized spacial score (nSPS) is 14.1. The molecule has 0 fully saturated rings. The van der Waals surface area contributed by atoms with Crippen LogP contribution in [0.15, 0.2) is 0 Å². The molecule has 0 spiro atoms. The molecule has 31 heavy (non-hydrogen) atoms. The first-order valence-electron chi connectivity index (χ1n) is 10.8. The molecule has 0 aliphatic heterocycles. The highest BCUT2D eigenvalue weighted by Gasteiger charge is 2.39. The van der Waals surface area contributed by atoms with Crippen molar-refractivity contribution in [3.05, 3.63) is 34.6 Å². The van der Waals surface area contributed by atoms with Gasteiger partial charge in [0.25, 0.3) is 5.97 Å². The van der Waals surface area contributed by atoms with Crippen LogP contribution in [0.5, 0.6) is 0 Å². The van der Waals surface area contributed by atoms with Crippen LogP contribution in [0, 0.1) is 29.1 Å². The molecule has 0 saturated carbocycles. The fourth-order valence-corrected chi connectivity index (χ4v) is 3.94. The Kier molecular flexibility index (Phi) is 12.3. The Hall–Kier alpha value is -0.900. The van der Waals surface area contributed by atoms with Gasteiger partial charge in [-0.15, -0.1) is 0 Å². The Morgan fingerprint density at radius 2 is 1.06 bits per heavy atom. The van der Waals surface area contributed by atoms with Gasteiger partial charge in [0, 0.05) is 25.4 Å². The zero-order chi connectivity index (χ0) is 23.6. The maximum absolute atomic E-state index is 13.9. The molecule has 9 heteroatoms. The van der Waals surface area contributed by atoms with Crippen LogP contribution in [-0.4, -0.2) is 31.0 Å². The minimum atomic E-state index is -2.13. The highest BCUT2D eigenvalue weighted by molar-refractivity contribution is 7.81. The number of thiol groups is 1. The second-order valence-electron chi connectivity index (χ2n) is 7.29. The molecule has 3 nitrogen and oxygen atoms in total. The lowest BCUT2D eigenvalue weighted by atomic mass is 9.93. The number of unbranched alkanes of at least 4 members (excludes halogenated alkanes) is 3. The topological polar surface area (TPSA) is 27.7 Å². The number of halogens is 5. The van der Waals surface area contributed by atoms with Crippen LogP contribution in [0.1, 0.15) is 77.7 Å². The van der Waals surface area contributed by atoms with Crippen molar-refractivity contribution in [1.82, 2.24) is 0 Å². The molecule has 0 aliphatic rings. The predicted octanol–water partition coefficient (Wildman–Crippen LogP) is 6.89. The fourth-order valence-electron chi connectivity index (χ4n) is 3.53. The first-order valence-corrected chi connectivity index (χ1v) is 11.3. The van der Waals surface area contributed by atoms with E-state index in [4.69, 9.17) is 14.2 Å². The van der Waals surface area contributed by atoms with Crippen molar-refractivity contribution < 1.29 is 36.2 Å². The van der Waals surface area contributed by atoms with Crippen LogP contribution in [-0.2, 0) is 14.2 Å². The molecule has 2 atom stereocenters. The summed E-state index contributed by atoms with van der Waals surface area (Å²) in [5, 5.41) is -0.306. The van der Waals surface area contributed by atoms with Gasteiger partial charge in [-0.2, -0.15) is 12.6 Å². The van der Waals surface area contributed by atoms with Crippen molar-refractivity contribution in [2.45, 2.75) is 83.4 Å². The zero-order valence-corrected chi connectivity index (χ0v) is 19.5. The molecular weight excluding hydrogens is 439 g/mol. The number of rotatable bonds is 15. The summed E-state index contributed by atoms with van der Waals surface area (Å²) in [5.74, 6) is -11.4. The average Bonchev–Trinajstić information content (AvgIpc) is 2.73. The molecule has 0 heterocycles. The van der Waals surface area contributed by atoms with E-state index in [1.165, 1.54) is 6.92 Å². The molecular formula is C22H33F5O3S. The summed E-state index contributed by atoms with van der Waals surface area (Å²) in [6.07, 6.45) is 3.90. The van der Waals surface area contributed by atoms with Gasteiger partial charge < -0.3 is 14.2 Å². The lowest BCUT2D eigenvalue weighted by Gasteiger charge is -2.36. The molecule has 0 amide bonds. The summed E-state index contributed by atoms with van der Waals surface area (Å²) in [4.78, 5) is 0. The first-order chi connectivity index (χ1) is 14.7. The summed E-state index contributed by atoms with van der Waals surface area (Å²) < 4.78 is 84.9. The van der Waals surface area contributed by atoms with Crippen LogP contribution in [0.25, 0.3) is 0 Å². The second-order valence-corrected chi connectivity index (χ2v) is 7.92. The maximum Gasteiger partial charge on any atom is 0.295 e. The Balaban J connectivity index is 2.54. The van der Waals surface area contributed by atoms with Crippen LogP contribution in [0.2, 0.25) is 0 Å². The largest absolute Gasteiger partial charge is 0.327 e. The summed E-state index contributed by atoms with van der Waals surface area (Å²) >= 11 is 4.61. The number of hydrogen-bond donors (Lipinski definition) is 1. The quantitative estimate of drug-likeness (QED) is 0.0752. The molecule has 180 valence electrons. The maximum atomic E-state index is 13.9. The third-order valence-electron chi connectivity index (χ3n) is 5.05. The molecule has 1 aromatic carbocycles. The molecule has 0 radical (unpaired) electrons. The van der Waals surface area contributed by atoms with Gasteiger partial charge in [-0.3, -0.25) is 0 Å². The van der Waals surface area contributed by atoms with E-state index in [9.17, 15) is 22.0 Å². The number of hydrogen-bond acceptors (Lipinski definition) is 4. The van der Waals surface area contributed by atoms with E-state index in [1.54, 1.807) is 0 Å². The van der Waals surface area contributed by atoms with Crippen molar-refractivity contribution in [1.29, 1.82) is 0 Å². The Morgan fingerprint density at radius 3 is 1.48 bits per heavy atom. The van der Waals surface area contributed by atoms with Crippen LogP contribution < -0.4 is 0 Å². The van der Waals surface area contributed by atoms with E-state index in [2.05, 4.69) is 12.6 Å². The summed E-state index contributed by atoms with van der Waals surface area (Å²) in [6.45, 7) is 8.23.